The van der Waals surface area contributed by atoms with Gasteiger partial charge in [0.1, 0.15) is 14.6 Å². The molecule has 0 amide bonds. The maximum absolute atomic E-state index is 13.7. The van der Waals surface area contributed by atoms with Crippen LogP contribution in [-0.2, 0) is 0 Å². The van der Waals surface area contributed by atoms with Gasteiger partial charge < -0.3 is 0 Å². The van der Waals surface area contributed by atoms with Crippen LogP contribution < -0.4 is 10.4 Å². The number of benzene rings is 3. The second kappa shape index (κ2) is 7.60. The Kier molecular flexibility index (Phi) is 5.14. The fourth-order valence-electron chi connectivity index (χ4n) is 5.08. The molecule has 2 heteroatoms. The van der Waals surface area contributed by atoms with Crippen LogP contribution in [-0.4, -0.2) is 8.80 Å². The molecule has 146 valence electrons. The van der Waals surface area contributed by atoms with Crippen LogP contribution in [0.15, 0.2) is 102 Å². The molecule has 0 aliphatic heterocycles. The zero-order valence-corrected chi connectivity index (χ0v) is 18.7. The van der Waals surface area contributed by atoms with Gasteiger partial charge in [-0.15, -0.1) is 0 Å². The van der Waals surface area contributed by atoms with Crippen LogP contribution in [0.2, 0.25) is 5.04 Å². The van der Waals surface area contributed by atoms with Crippen LogP contribution in [0.3, 0.4) is 0 Å². The van der Waals surface area contributed by atoms with E-state index in [1.165, 1.54) is 32.7 Å². The molecule has 0 fully saturated rings. The molecule has 0 saturated carbocycles. The van der Waals surface area contributed by atoms with Crippen molar-refractivity contribution < 1.29 is 4.39 Å². The Hall–Kier alpha value is -2.71. The van der Waals surface area contributed by atoms with Crippen LogP contribution in [0.1, 0.15) is 33.3 Å². The van der Waals surface area contributed by atoms with Gasteiger partial charge in [0.05, 0.1) is 0 Å². The van der Waals surface area contributed by atoms with E-state index in [0.717, 1.165) is 5.56 Å². The summed E-state index contributed by atoms with van der Waals surface area (Å²) in [6, 6.07) is 29.0. The summed E-state index contributed by atoms with van der Waals surface area (Å²) in [6.07, 6.45) is 0. The molecule has 0 nitrogen and oxygen atoms in total. The minimum atomic E-state index is -1.70. The summed E-state index contributed by atoms with van der Waals surface area (Å²) in [5.41, 5.74) is 6.64. The van der Waals surface area contributed by atoms with Crippen LogP contribution in [0, 0.1) is 5.82 Å². The van der Waals surface area contributed by atoms with E-state index in [4.69, 9.17) is 0 Å². The van der Waals surface area contributed by atoms with Gasteiger partial charge in [-0.05, 0) is 55.2 Å². The topological polar surface area (TPSA) is 0 Å². The van der Waals surface area contributed by atoms with Crippen molar-refractivity contribution in [3.8, 4) is 0 Å². The van der Waals surface area contributed by atoms with Crippen molar-refractivity contribution in [1.82, 2.24) is 0 Å². The summed E-state index contributed by atoms with van der Waals surface area (Å²) in [5, 5.41) is 2.78. The van der Waals surface area contributed by atoms with Crippen molar-refractivity contribution in [2.45, 2.75) is 32.7 Å². The predicted molar refractivity (Wildman–Crippen MR) is 125 cm³/mol. The van der Waals surface area contributed by atoms with Gasteiger partial charge in [0.25, 0.3) is 0 Å². The van der Waals surface area contributed by atoms with Gasteiger partial charge in [0.2, 0.25) is 0 Å². The minimum absolute atomic E-state index is 0.0886. The van der Waals surface area contributed by atoms with Crippen LogP contribution in [0.4, 0.5) is 4.39 Å². The zero-order valence-electron chi connectivity index (χ0n) is 17.5. The smallest absolute Gasteiger partial charge is 0.123 e. The van der Waals surface area contributed by atoms with Crippen LogP contribution in [0.5, 0.6) is 0 Å². The lowest BCUT2D eigenvalue weighted by Gasteiger charge is -2.39. The monoisotopic (exact) mass is 398 g/mol. The third-order valence-corrected chi connectivity index (χ3v) is 10.8. The summed E-state index contributed by atoms with van der Waals surface area (Å²) in [7, 11) is -1.70. The van der Waals surface area contributed by atoms with Crippen LogP contribution in [0.25, 0.3) is 5.57 Å². The third kappa shape index (κ3) is 3.22. The van der Waals surface area contributed by atoms with E-state index in [-0.39, 0.29) is 10.9 Å². The van der Waals surface area contributed by atoms with Gasteiger partial charge >= 0.3 is 0 Å². The first-order chi connectivity index (χ1) is 13.9. The lowest BCUT2D eigenvalue weighted by Crippen LogP contribution is -2.51. The van der Waals surface area contributed by atoms with Crippen molar-refractivity contribution in [3.05, 3.63) is 113 Å². The van der Waals surface area contributed by atoms with Gasteiger partial charge in [-0.3, -0.25) is 0 Å². The zero-order chi connectivity index (χ0) is 20.6. The van der Waals surface area contributed by atoms with E-state index < -0.39 is 8.80 Å². The number of halogens is 1. The first-order valence-electron chi connectivity index (χ1n) is 10.2. The Labute approximate surface area is 175 Å². The molecule has 1 aliphatic carbocycles. The minimum Gasteiger partial charge on any atom is -0.207 e. The molecular weight excluding hydrogens is 371 g/mol. The van der Waals surface area contributed by atoms with E-state index >= 15 is 0 Å². The quantitative estimate of drug-likeness (QED) is 0.491. The lowest BCUT2D eigenvalue weighted by molar-refractivity contribution is 0.627. The second-order valence-electron chi connectivity index (χ2n) is 8.21. The van der Waals surface area contributed by atoms with E-state index in [1.54, 1.807) is 12.1 Å². The maximum atomic E-state index is 13.7. The normalized spacial score (nSPS) is 19.4. The average Bonchev–Trinajstić information content (AvgIpc) is 2.91. The van der Waals surface area contributed by atoms with Gasteiger partial charge in [0, 0.05) is 5.04 Å². The highest BCUT2D eigenvalue weighted by molar-refractivity contribution is 6.89. The summed E-state index contributed by atoms with van der Waals surface area (Å²) in [5.74, 6) is -0.187. The number of hydrogen-bond acceptors (Lipinski definition) is 0. The molecule has 1 atom stereocenters. The Morgan fingerprint density at radius 1 is 0.655 bits per heavy atom. The number of allylic oxidation sites excluding steroid dienone is 4. The highest BCUT2D eigenvalue weighted by atomic mass is 28.3. The van der Waals surface area contributed by atoms with Gasteiger partial charge in [-0.2, -0.15) is 0 Å². The lowest BCUT2D eigenvalue weighted by atomic mass is 9.90. The van der Waals surface area contributed by atoms with E-state index in [9.17, 15) is 4.39 Å². The number of rotatable bonds is 4. The van der Waals surface area contributed by atoms with Crippen molar-refractivity contribution in [2.75, 3.05) is 0 Å². The molecule has 3 aromatic carbocycles. The first-order valence-corrected chi connectivity index (χ1v) is 11.9. The highest BCUT2D eigenvalue weighted by Crippen LogP contribution is 2.58. The molecule has 0 N–H and O–H groups in total. The summed E-state index contributed by atoms with van der Waals surface area (Å²) >= 11 is 0. The molecule has 0 spiro atoms. The Bertz CT molecular complexity index is 1040. The van der Waals surface area contributed by atoms with Gasteiger partial charge in [-0.25, -0.2) is 4.39 Å². The molecule has 3 aromatic rings. The second-order valence-corrected chi connectivity index (χ2v) is 11.6. The Balaban J connectivity index is 2.00. The average molecular weight is 399 g/mol. The summed E-state index contributed by atoms with van der Waals surface area (Å²) in [4.78, 5) is 0. The molecule has 1 aliphatic rings. The molecule has 4 rings (SSSR count). The maximum Gasteiger partial charge on any atom is 0.123 e. The van der Waals surface area contributed by atoms with Crippen molar-refractivity contribution in [3.63, 3.8) is 0 Å². The summed E-state index contributed by atoms with van der Waals surface area (Å²) < 4.78 is 13.7. The molecule has 0 radical (unpaired) electrons. The van der Waals surface area contributed by atoms with E-state index in [2.05, 4.69) is 88.4 Å². The fourth-order valence-corrected chi connectivity index (χ4v) is 9.33. The number of hydrogen-bond donors (Lipinski definition) is 0. The van der Waals surface area contributed by atoms with E-state index in [0.29, 0.717) is 0 Å². The Morgan fingerprint density at radius 2 is 1.14 bits per heavy atom. The van der Waals surface area contributed by atoms with Crippen molar-refractivity contribution in [2.24, 2.45) is 0 Å². The molecule has 0 saturated heterocycles. The van der Waals surface area contributed by atoms with Crippen molar-refractivity contribution >= 4 is 24.7 Å². The molecule has 0 aromatic heterocycles. The van der Waals surface area contributed by atoms with E-state index in [1.807, 2.05) is 12.1 Å². The first kappa shape index (κ1) is 19.6. The SMILES string of the molecule is CC1=C(C)C(C)([SiH](c2ccccc2)c2ccccc2)C(c2ccc(F)cc2)=C1C. The van der Waals surface area contributed by atoms with Gasteiger partial charge in [0.15, 0.2) is 0 Å². The molecule has 29 heavy (non-hydrogen) atoms. The highest BCUT2D eigenvalue weighted by Gasteiger charge is 2.47. The van der Waals surface area contributed by atoms with Crippen molar-refractivity contribution in [1.29, 1.82) is 0 Å². The molecule has 0 bridgehead atoms. The summed E-state index contributed by atoms with van der Waals surface area (Å²) in [6.45, 7) is 9.17. The third-order valence-electron chi connectivity index (χ3n) is 6.77. The standard InChI is InChI=1S/C27H27FSi/c1-19-20(2)26(22-15-17-23(28)18-16-22)27(4,21(19)3)29(24-11-7-5-8-12-24)25-13-9-6-10-14-25/h5-18,29H,1-4H3. The van der Waals surface area contributed by atoms with Gasteiger partial charge in [-0.1, -0.05) is 95.7 Å². The largest absolute Gasteiger partial charge is 0.207 e. The molecule has 0 heterocycles. The fraction of sp³-hybridized carbons (Fsp3) is 0.185. The molecular formula is C27H27FSi. The molecule has 1 unspecified atom stereocenters. The predicted octanol–water partition coefficient (Wildman–Crippen LogP) is 5.75. The van der Waals surface area contributed by atoms with Crippen LogP contribution >= 0.6 is 0 Å². The Morgan fingerprint density at radius 3 is 1.62 bits per heavy atom.